The average molecular weight is 262 g/mol. The van der Waals surface area contributed by atoms with Crippen LogP contribution in [0.25, 0.3) is 10.9 Å². The fourth-order valence-electron chi connectivity index (χ4n) is 1.43. The van der Waals surface area contributed by atoms with E-state index >= 15 is 0 Å². The Balaban J connectivity index is 2.88. The summed E-state index contributed by atoms with van der Waals surface area (Å²) in [4.78, 5) is 4.39. The van der Waals surface area contributed by atoms with E-state index in [0.717, 1.165) is 15.4 Å². The first-order valence-electron chi connectivity index (χ1n) is 4.43. The highest BCUT2D eigenvalue weighted by Gasteiger charge is 2.06. The van der Waals surface area contributed by atoms with Crippen molar-refractivity contribution in [2.75, 3.05) is 12.4 Å². The zero-order valence-electron chi connectivity index (χ0n) is 8.08. The molecule has 4 heteroatoms. The molecule has 0 fully saturated rings. The molecule has 0 atom stereocenters. The van der Waals surface area contributed by atoms with Crippen molar-refractivity contribution in [2.24, 2.45) is 0 Å². The van der Waals surface area contributed by atoms with Gasteiger partial charge in [0.05, 0.1) is 17.1 Å². The molecule has 0 aliphatic rings. The molecule has 3 nitrogen and oxygen atoms in total. The van der Waals surface area contributed by atoms with Gasteiger partial charge in [-0.3, -0.25) is 0 Å². The topological polar surface area (TPSA) is 48.7 Å². The van der Waals surface area contributed by atoms with Crippen molar-refractivity contribution in [3.8, 4) is 6.07 Å². The lowest BCUT2D eigenvalue weighted by Crippen LogP contribution is -1.94. The molecule has 1 heterocycles. The molecule has 0 bridgehead atoms. The number of nitrogens with one attached hydrogen (secondary N) is 1. The molecule has 0 radical (unpaired) electrons. The van der Waals surface area contributed by atoms with Crippen LogP contribution >= 0.6 is 15.9 Å². The third kappa shape index (κ3) is 1.66. The fraction of sp³-hybridized carbons (Fsp3) is 0.0909. The number of pyridine rings is 1. The van der Waals surface area contributed by atoms with E-state index in [-0.39, 0.29) is 0 Å². The Morgan fingerprint density at radius 1 is 1.47 bits per heavy atom. The largest absolute Gasteiger partial charge is 0.373 e. The number of rotatable bonds is 1. The molecule has 0 saturated heterocycles. The van der Waals surface area contributed by atoms with Crippen molar-refractivity contribution in [3.05, 3.63) is 34.3 Å². The second-order valence-electron chi connectivity index (χ2n) is 3.05. The molecule has 0 aliphatic heterocycles. The molecule has 74 valence electrons. The first-order valence-corrected chi connectivity index (χ1v) is 5.22. The maximum absolute atomic E-state index is 9.03. The quantitative estimate of drug-likeness (QED) is 0.859. The average Bonchev–Trinajstić information content (AvgIpc) is 2.28. The minimum absolute atomic E-state index is 0.630. The molecule has 0 saturated carbocycles. The Morgan fingerprint density at radius 3 is 2.93 bits per heavy atom. The van der Waals surface area contributed by atoms with E-state index in [1.54, 1.807) is 13.1 Å². The highest BCUT2D eigenvalue weighted by Crippen LogP contribution is 2.26. The van der Waals surface area contributed by atoms with Gasteiger partial charge in [0.2, 0.25) is 0 Å². The van der Waals surface area contributed by atoms with Gasteiger partial charge < -0.3 is 5.32 Å². The molecule has 0 amide bonds. The smallest absolute Gasteiger partial charge is 0.127 e. The highest BCUT2D eigenvalue weighted by atomic mass is 79.9. The van der Waals surface area contributed by atoms with E-state index in [0.29, 0.717) is 11.4 Å². The van der Waals surface area contributed by atoms with Crippen LogP contribution in [-0.4, -0.2) is 12.0 Å². The van der Waals surface area contributed by atoms with Crippen LogP contribution in [0.1, 0.15) is 5.56 Å². The van der Waals surface area contributed by atoms with Gasteiger partial charge in [0, 0.05) is 16.9 Å². The summed E-state index contributed by atoms with van der Waals surface area (Å²) in [6.45, 7) is 0. The molecule has 15 heavy (non-hydrogen) atoms. The van der Waals surface area contributed by atoms with Gasteiger partial charge in [-0.05, 0) is 28.1 Å². The number of para-hydroxylation sites is 1. The zero-order valence-corrected chi connectivity index (χ0v) is 9.67. The summed E-state index contributed by atoms with van der Waals surface area (Å²) < 4.78 is 0.897. The van der Waals surface area contributed by atoms with Crippen LogP contribution in [0.3, 0.4) is 0 Å². The number of halogens is 1. The molecule has 1 N–H and O–H groups in total. The van der Waals surface area contributed by atoms with Gasteiger partial charge in [0.25, 0.3) is 0 Å². The van der Waals surface area contributed by atoms with Gasteiger partial charge in [-0.15, -0.1) is 0 Å². The molecule has 2 rings (SSSR count). The lowest BCUT2D eigenvalue weighted by atomic mass is 10.1. The number of aromatic nitrogens is 1. The minimum atomic E-state index is 0.630. The van der Waals surface area contributed by atoms with Crippen molar-refractivity contribution >= 4 is 32.7 Å². The van der Waals surface area contributed by atoms with E-state index in [9.17, 15) is 0 Å². The Hall–Kier alpha value is -1.60. The summed E-state index contributed by atoms with van der Waals surface area (Å²) >= 11 is 3.42. The Labute approximate surface area is 95.9 Å². The van der Waals surface area contributed by atoms with E-state index < -0.39 is 0 Å². The number of nitriles is 1. The normalized spacial score (nSPS) is 9.93. The van der Waals surface area contributed by atoms with Crippen molar-refractivity contribution in [2.45, 2.75) is 0 Å². The standard InChI is InChI=1S/C11H8BrN3/c1-14-10-5-7(6-13)8-3-2-4-9(12)11(8)15-10/h2-5H,1H3,(H,14,15). The number of nitrogens with zero attached hydrogens (tertiary/aromatic N) is 2. The maximum atomic E-state index is 9.03. The van der Waals surface area contributed by atoms with E-state index in [1.807, 2.05) is 18.2 Å². The monoisotopic (exact) mass is 261 g/mol. The summed E-state index contributed by atoms with van der Waals surface area (Å²) in [6.07, 6.45) is 0. The van der Waals surface area contributed by atoms with Crippen molar-refractivity contribution in [3.63, 3.8) is 0 Å². The van der Waals surface area contributed by atoms with Gasteiger partial charge in [0.1, 0.15) is 5.82 Å². The zero-order chi connectivity index (χ0) is 10.8. The van der Waals surface area contributed by atoms with Gasteiger partial charge >= 0.3 is 0 Å². The van der Waals surface area contributed by atoms with Gasteiger partial charge in [-0.2, -0.15) is 5.26 Å². The van der Waals surface area contributed by atoms with Crippen molar-refractivity contribution in [1.29, 1.82) is 5.26 Å². The van der Waals surface area contributed by atoms with Crippen LogP contribution < -0.4 is 5.32 Å². The highest BCUT2D eigenvalue weighted by molar-refractivity contribution is 9.10. The molecule has 1 aromatic carbocycles. The Kier molecular flexibility index (Phi) is 2.57. The van der Waals surface area contributed by atoms with Crippen molar-refractivity contribution in [1.82, 2.24) is 4.98 Å². The van der Waals surface area contributed by atoms with Gasteiger partial charge in [-0.25, -0.2) is 4.98 Å². The second-order valence-corrected chi connectivity index (χ2v) is 3.91. The first kappa shape index (κ1) is 9.94. The second kappa shape index (κ2) is 3.87. The molecule has 0 aliphatic carbocycles. The maximum Gasteiger partial charge on any atom is 0.127 e. The van der Waals surface area contributed by atoms with Gasteiger partial charge in [0.15, 0.2) is 0 Å². The van der Waals surface area contributed by atoms with Gasteiger partial charge in [-0.1, -0.05) is 12.1 Å². The lowest BCUT2D eigenvalue weighted by Gasteiger charge is -2.05. The number of fused-ring (bicyclic) bond motifs is 1. The van der Waals surface area contributed by atoms with Crippen LogP contribution in [-0.2, 0) is 0 Å². The Bertz CT molecular complexity index is 557. The summed E-state index contributed by atoms with van der Waals surface area (Å²) in [7, 11) is 1.78. The molecule has 0 unspecified atom stereocenters. The SMILES string of the molecule is CNc1cc(C#N)c2cccc(Br)c2n1. The number of hydrogen-bond acceptors (Lipinski definition) is 3. The van der Waals surface area contributed by atoms with E-state index in [1.165, 1.54) is 0 Å². The Morgan fingerprint density at radius 2 is 2.27 bits per heavy atom. The van der Waals surface area contributed by atoms with Crippen LogP contribution in [0.15, 0.2) is 28.7 Å². The third-order valence-electron chi connectivity index (χ3n) is 2.17. The molecule has 2 aromatic rings. The predicted molar refractivity (Wildman–Crippen MR) is 63.7 cm³/mol. The number of anilines is 1. The summed E-state index contributed by atoms with van der Waals surface area (Å²) in [6, 6.07) is 9.62. The minimum Gasteiger partial charge on any atom is -0.373 e. The van der Waals surface area contributed by atoms with Crippen LogP contribution in [0.2, 0.25) is 0 Å². The molecule has 1 aromatic heterocycles. The van der Waals surface area contributed by atoms with Crippen LogP contribution in [0, 0.1) is 11.3 Å². The third-order valence-corrected chi connectivity index (χ3v) is 2.81. The predicted octanol–water partition coefficient (Wildman–Crippen LogP) is 2.91. The molecular formula is C11H8BrN3. The summed E-state index contributed by atoms with van der Waals surface area (Å²) in [5.41, 5.74) is 1.44. The van der Waals surface area contributed by atoms with Crippen LogP contribution in [0.5, 0.6) is 0 Å². The van der Waals surface area contributed by atoms with Crippen molar-refractivity contribution < 1.29 is 0 Å². The first-order chi connectivity index (χ1) is 7.26. The summed E-state index contributed by atoms with van der Waals surface area (Å²) in [5.74, 6) is 0.700. The number of benzene rings is 1. The molecular weight excluding hydrogens is 254 g/mol. The van der Waals surface area contributed by atoms with E-state index in [2.05, 4.69) is 32.3 Å². The van der Waals surface area contributed by atoms with E-state index in [4.69, 9.17) is 5.26 Å². The fourth-order valence-corrected chi connectivity index (χ4v) is 1.89. The number of hydrogen-bond donors (Lipinski definition) is 1. The summed E-state index contributed by atoms with van der Waals surface area (Å²) in [5, 5.41) is 12.8. The molecule has 0 spiro atoms. The lowest BCUT2D eigenvalue weighted by molar-refractivity contribution is 1.33. The van der Waals surface area contributed by atoms with Crippen LogP contribution in [0.4, 0.5) is 5.82 Å².